The Morgan fingerprint density at radius 2 is 1.54 bits per heavy atom. The molecule has 26 heavy (non-hydrogen) atoms. The van der Waals surface area contributed by atoms with Gasteiger partial charge in [-0.1, -0.05) is 57.2 Å². The Labute approximate surface area is 154 Å². The van der Waals surface area contributed by atoms with E-state index in [9.17, 15) is 0 Å². The van der Waals surface area contributed by atoms with Gasteiger partial charge in [0.15, 0.2) is 5.82 Å². The molecule has 5 nitrogen and oxygen atoms in total. The van der Waals surface area contributed by atoms with Crippen molar-refractivity contribution in [3.8, 4) is 0 Å². The van der Waals surface area contributed by atoms with E-state index in [1.807, 2.05) is 12.1 Å². The Kier molecular flexibility index (Phi) is 4.89. The Bertz CT molecular complexity index is 892. The van der Waals surface area contributed by atoms with E-state index in [0.717, 1.165) is 22.5 Å². The van der Waals surface area contributed by atoms with Crippen LogP contribution in [0.4, 0.5) is 23.1 Å². The number of aromatic nitrogens is 3. The lowest BCUT2D eigenvalue weighted by molar-refractivity contribution is 0.592. The summed E-state index contributed by atoms with van der Waals surface area (Å²) < 4.78 is 0. The minimum absolute atomic E-state index is 0.0311. The standard InChI is InChI=1S/C21H25N5/c1-14-9-8-10-15(2)19(14)25-20-24-18(13-22-26-20)23-17-12-7-6-11-16(17)21(3,4)5/h6-13H,1-5H3,(H2,23,24,25,26). The van der Waals surface area contributed by atoms with E-state index in [-0.39, 0.29) is 5.41 Å². The van der Waals surface area contributed by atoms with E-state index in [4.69, 9.17) is 0 Å². The highest BCUT2D eigenvalue weighted by molar-refractivity contribution is 5.65. The van der Waals surface area contributed by atoms with E-state index in [2.05, 4.69) is 90.8 Å². The average molecular weight is 347 g/mol. The molecular weight excluding hydrogens is 322 g/mol. The highest BCUT2D eigenvalue weighted by Gasteiger charge is 2.18. The van der Waals surface area contributed by atoms with Crippen LogP contribution in [0.5, 0.6) is 0 Å². The van der Waals surface area contributed by atoms with Crippen molar-refractivity contribution >= 4 is 23.1 Å². The number of rotatable bonds is 4. The summed E-state index contributed by atoms with van der Waals surface area (Å²) in [6.45, 7) is 10.7. The number of hydrogen-bond donors (Lipinski definition) is 2. The summed E-state index contributed by atoms with van der Waals surface area (Å²) in [4.78, 5) is 4.57. The predicted octanol–water partition coefficient (Wildman–Crippen LogP) is 5.27. The van der Waals surface area contributed by atoms with Crippen molar-refractivity contribution in [1.82, 2.24) is 15.2 Å². The molecule has 0 saturated heterocycles. The van der Waals surface area contributed by atoms with Gasteiger partial charge in [-0.2, -0.15) is 10.1 Å². The van der Waals surface area contributed by atoms with Gasteiger partial charge in [-0.3, -0.25) is 0 Å². The number of hydrogen-bond acceptors (Lipinski definition) is 5. The Morgan fingerprint density at radius 1 is 0.846 bits per heavy atom. The van der Waals surface area contributed by atoms with Crippen LogP contribution >= 0.6 is 0 Å². The van der Waals surface area contributed by atoms with E-state index in [0.29, 0.717) is 11.8 Å². The summed E-state index contributed by atoms with van der Waals surface area (Å²) in [5.74, 6) is 1.13. The summed E-state index contributed by atoms with van der Waals surface area (Å²) >= 11 is 0. The van der Waals surface area contributed by atoms with Crippen LogP contribution in [0.1, 0.15) is 37.5 Å². The first kappa shape index (κ1) is 17.9. The van der Waals surface area contributed by atoms with Crippen LogP contribution in [0.25, 0.3) is 0 Å². The highest BCUT2D eigenvalue weighted by Crippen LogP contribution is 2.31. The molecule has 0 fully saturated rings. The van der Waals surface area contributed by atoms with Gasteiger partial charge in [-0.25, -0.2) is 0 Å². The molecule has 0 radical (unpaired) electrons. The first-order valence-corrected chi connectivity index (χ1v) is 8.74. The summed E-state index contributed by atoms with van der Waals surface area (Å²) in [5.41, 5.74) is 5.58. The molecule has 0 spiro atoms. The SMILES string of the molecule is Cc1cccc(C)c1Nc1nncc(Nc2ccccc2C(C)(C)C)n1. The number of aryl methyl sites for hydroxylation is 2. The Balaban J connectivity index is 1.87. The fourth-order valence-electron chi connectivity index (χ4n) is 2.92. The minimum Gasteiger partial charge on any atom is -0.339 e. The molecule has 1 aromatic heterocycles. The number of benzene rings is 2. The summed E-state index contributed by atoms with van der Waals surface area (Å²) in [6, 6.07) is 14.4. The Hall–Kier alpha value is -2.95. The van der Waals surface area contributed by atoms with Crippen LogP contribution < -0.4 is 10.6 Å². The largest absolute Gasteiger partial charge is 0.339 e. The minimum atomic E-state index is 0.0311. The van der Waals surface area contributed by atoms with Gasteiger partial charge in [0, 0.05) is 11.4 Å². The molecule has 0 bridgehead atoms. The van der Waals surface area contributed by atoms with Gasteiger partial charge in [-0.15, -0.1) is 5.10 Å². The van der Waals surface area contributed by atoms with Crippen LogP contribution in [0, 0.1) is 13.8 Å². The maximum atomic E-state index is 4.57. The smallest absolute Gasteiger partial charge is 0.249 e. The molecule has 0 aliphatic heterocycles. The van der Waals surface area contributed by atoms with Crippen LogP contribution in [-0.4, -0.2) is 15.2 Å². The number of para-hydroxylation sites is 2. The molecule has 0 aliphatic rings. The van der Waals surface area contributed by atoms with Gasteiger partial charge in [-0.05, 0) is 42.0 Å². The average Bonchev–Trinajstić information content (AvgIpc) is 2.58. The first-order valence-electron chi connectivity index (χ1n) is 8.74. The number of nitrogens with one attached hydrogen (secondary N) is 2. The van der Waals surface area contributed by atoms with Crippen LogP contribution in [0.3, 0.4) is 0 Å². The zero-order valence-electron chi connectivity index (χ0n) is 16.0. The summed E-state index contributed by atoms with van der Waals surface area (Å²) in [6.07, 6.45) is 1.63. The zero-order valence-corrected chi connectivity index (χ0v) is 16.0. The maximum absolute atomic E-state index is 4.57. The molecule has 1 heterocycles. The second-order valence-electron chi connectivity index (χ2n) is 7.48. The molecule has 2 N–H and O–H groups in total. The molecule has 0 unspecified atom stereocenters. The molecule has 134 valence electrons. The molecule has 3 rings (SSSR count). The molecule has 0 saturated carbocycles. The fraction of sp³-hybridized carbons (Fsp3) is 0.286. The molecule has 0 amide bonds. The monoisotopic (exact) mass is 347 g/mol. The molecular formula is C21H25N5. The maximum Gasteiger partial charge on any atom is 0.249 e. The van der Waals surface area contributed by atoms with E-state index in [1.165, 1.54) is 5.56 Å². The highest BCUT2D eigenvalue weighted by atomic mass is 15.3. The lowest BCUT2D eigenvalue weighted by Gasteiger charge is -2.23. The number of anilines is 4. The van der Waals surface area contributed by atoms with Gasteiger partial charge in [0.1, 0.15) is 0 Å². The lowest BCUT2D eigenvalue weighted by atomic mass is 9.86. The zero-order chi connectivity index (χ0) is 18.7. The van der Waals surface area contributed by atoms with Crippen LogP contribution in [0.15, 0.2) is 48.7 Å². The molecule has 3 aromatic rings. The lowest BCUT2D eigenvalue weighted by Crippen LogP contribution is -2.14. The van der Waals surface area contributed by atoms with E-state index < -0.39 is 0 Å². The van der Waals surface area contributed by atoms with Gasteiger partial charge < -0.3 is 10.6 Å². The fourth-order valence-corrected chi connectivity index (χ4v) is 2.92. The molecule has 2 aromatic carbocycles. The van der Waals surface area contributed by atoms with Crippen molar-refractivity contribution in [3.05, 3.63) is 65.4 Å². The van der Waals surface area contributed by atoms with E-state index >= 15 is 0 Å². The third kappa shape index (κ3) is 3.99. The second-order valence-corrected chi connectivity index (χ2v) is 7.48. The van der Waals surface area contributed by atoms with Crippen molar-refractivity contribution in [2.45, 2.75) is 40.0 Å². The molecule has 0 atom stereocenters. The van der Waals surface area contributed by atoms with Gasteiger partial charge in [0.2, 0.25) is 5.95 Å². The second kappa shape index (κ2) is 7.12. The molecule has 5 heteroatoms. The topological polar surface area (TPSA) is 62.7 Å². The van der Waals surface area contributed by atoms with Gasteiger partial charge in [0.25, 0.3) is 0 Å². The summed E-state index contributed by atoms with van der Waals surface area (Å²) in [5, 5.41) is 14.9. The third-order valence-electron chi connectivity index (χ3n) is 4.27. The quantitative estimate of drug-likeness (QED) is 0.673. The van der Waals surface area contributed by atoms with Crippen LogP contribution in [-0.2, 0) is 5.41 Å². The summed E-state index contributed by atoms with van der Waals surface area (Å²) in [7, 11) is 0. The van der Waals surface area contributed by atoms with E-state index in [1.54, 1.807) is 6.20 Å². The number of nitrogens with zero attached hydrogens (tertiary/aromatic N) is 3. The van der Waals surface area contributed by atoms with Gasteiger partial charge in [0.05, 0.1) is 6.20 Å². The third-order valence-corrected chi connectivity index (χ3v) is 4.27. The van der Waals surface area contributed by atoms with Crippen molar-refractivity contribution in [2.24, 2.45) is 0 Å². The van der Waals surface area contributed by atoms with Crippen LogP contribution in [0.2, 0.25) is 0 Å². The van der Waals surface area contributed by atoms with Crippen molar-refractivity contribution in [3.63, 3.8) is 0 Å². The Morgan fingerprint density at radius 3 is 2.23 bits per heavy atom. The normalized spacial score (nSPS) is 11.3. The first-order chi connectivity index (χ1) is 12.3. The molecule has 0 aliphatic carbocycles. The predicted molar refractivity (Wildman–Crippen MR) is 107 cm³/mol. The van der Waals surface area contributed by atoms with Gasteiger partial charge >= 0.3 is 0 Å². The van der Waals surface area contributed by atoms with Crippen molar-refractivity contribution in [1.29, 1.82) is 0 Å². The van der Waals surface area contributed by atoms with Crippen molar-refractivity contribution < 1.29 is 0 Å². The van der Waals surface area contributed by atoms with Crippen molar-refractivity contribution in [2.75, 3.05) is 10.6 Å².